The van der Waals surface area contributed by atoms with Crippen molar-refractivity contribution in [3.05, 3.63) is 53.0 Å². The van der Waals surface area contributed by atoms with Gasteiger partial charge in [-0.1, -0.05) is 12.8 Å². The molecule has 0 spiro atoms. The molecule has 1 saturated carbocycles. The first-order chi connectivity index (χ1) is 13.0. The van der Waals surface area contributed by atoms with Crippen molar-refractivity contribution in [2.45, 2.75) is 52.1 Å². The van der Waals surface area contributed by atoms with Crippen molar-refractivity contribution in [2.75, 3.05) is 6.61 Å². The molecular formula is C21H25NO5. The molecule has 0 saturated heterocycles. The van der Waals surface area contributed by atoms with Crippen LogP contribution in [0.2, 0.25) is 0 Å². The third-order valence-electron chi connectivity index (χ3n) is 4.98. The highest BCUT2D eigenvalue weighted by Gasteiger charge is 2.29. The van der Waals surface area contributed by atoms with Crippen molar-refractivity contribution in [1.29, 1.82) is 0 Å². The summed E-state index contributed by atoms with van der Waals surface area (Å²) in [4.78, 5) is 26.0. The lowest BCUT2D eigenvalue weighted by Gasteiger charge is -2.29. The van der Waals surface area contributed by atoms with Gasteiger partial charge in [0, 0.05) is 11.6 Å². The van der Waals surface area contributed by atoms with Crippen molar-refractivity contribution in [2.24, 2.45) is 0 Å². The number of amides is 1. The van der Waals surface area contributed by atoms with Gasteiger partial charge in [0.15, 0.2) is 6.61 Å². The van der Waals surface area contributed by atoms with Crippen molar-refractivity contribution in [3.8, 4) is 5.75 Å². The summed E-state index contributed by atoms with van der Waals surface area (Å²) < 4.78 is 10.8. The minimum Gasteiger partial charge on any atom is -0.481 e. The van der Waals surface area contributed by atoms with Gasteiger partial charge in [0.05, 0.1) is 12.8 Å². The van der Waals surface area contributed by atoms with E-state index in [0.717, 1.165) is 42.6 Å². The fraction of sp³-hybridized carbons (Fsp3) is 0.429. The second-order valence-electron chi connectivity index (χ2n) is 7.07. The van der Waals surface area contributed by atoms with Crippen molar-refractivity contribution < 1.29 is 23.8 Å². The standard InChI is InChI=1S/C21H25NO5/c1-14-10-16(11-15(2)20(14)27-13-19(23)24)21(25)22(17-6-3-4-7-17)12-18-8-5-9-26-18/h5,8-11,17H,3-4,6-7,12-13H2,1-2H3,(H,23,24). The van der Waals surface area contributed by atoms with Crippen LogP contribution in [-0.2, 0) is 11.3 Å². The topological polar surface area (TPSA) is 80.0 Å². The molecule has 27 heavy (non-hydrogen) atoms. The van der Waals surface area contributed by atoms with E-state index in [1.165, 1.54) is 0 Å². The number of hydrogen-bond acceptors (Lipinski definition) is 4. The molecule has 3 rings (SSSR count). The van der Waals surface area contributed by atoms with Crippen LogP contribution in [0.4, 0.5) is 0 Å². The molecule has 6 heteroatoms. The Morgan fingerprint density at radius 2 is 1.89 bits per heavy atom. The molecule has 2 aromatic rings. The highest BCUT2D eigenvalue weighted by Crippen LogP contribution is 2.29. The fourth-order valence-corrected chi connectivity index (χ4v) is 3.75. The predicted molar refractivity (Wildman–Crippen MR) is 99.9 cm³/mol. The maximum absolute atomic E-state index is 13.3. The number of hydrogen-bond donors (Lipinski definition) is 1. The summed E-state index contributed by atoms with van der Waals surface area (Å²) in [5.41, 5.74) is 2.10. The summed E-state index contributed by atoms with van der Waals surface area (Å²) in [6, 6.07) is 7.48. The van der Waals surface area contributed by atoms with E-state index in [1.54, 1.807) is 18.4 Å². The van der Waals surface area contributed by atoms with Gasteiger partial charge < -0.3 is 19.2 Å². The molecule has 1 amide bonds. The monoisotopic (exact) mass is 371 g/mol. The van der Waals surface area contributed by atoms with Crippen LogP contribution in [-0.4, -0.2) is 34.5 Å². The van der Waals surface area contributed by atoms with Crippen LogP contribution < -0.4 is 4.74 Å². The Balaban J connectivity index is 1.85. The molecule has 1 heterocycles. The highest BCUT2D eigenvalue weighted by molar-refractivity contribution is 5.95. The highest BCUT2D eigenvalue weighted by atomic mass is 16.5. The number of ether oxygens (including phenoxy) is 1. The van der Waals surface area contributed by atoms with E-state index >= 15 is 0 Å². The van der Waals surface area contributed by atoms with E-state index in [1.807, 2.05) is 30.9 Å². The summed E-state index contributed by atoms with van der Waals surface area (Å²) in [6.45, 7) is 3.70. The van der Waals surface area contributed by atoms with E-state index in [2.05, 4.69) is 0 Å². The first-order valence-corrected chi connectivity index (χ1v) is 9.25. The second-order valence-corrected chi connectivity index (χ2v) is 7.07. The molecule has 1 aromatic heterocycles. The molecule has 1 aliphatic rings. The largest absolute Gasteiger partial charge is 0.481 e. The van der Waals surface area contributed by atoms with Gasteiger partial charge in [-0.15, -0.1) is 0 Å². The molecule has 144 valence electrons. The smallest absolute Gasteiger partial charge is 0.341 e. The van der Waals surface area contributed by atoms with E-state index in [9.17, 15) is 9.59 Å². The van der Waals surface area contributed by atoms with E-state index < -0.39 is 12.6 Å². The van der Waals surface area contributed by atoms with E-state index in [4.69, 9.17) is 14.3 Å². The lowest BCUT2D eigenvalue weighted by atomic mass is 10.0. The van der Waals surface area contributed by atoms with Gasteiger partial charge in [0.1, 0.15) is 11.5 Å². The van der Waals surface area contributed by atoms with Gasteiger partial charge in [-0.3, -0.25) is 4.79 Å². The number of furan rings is 1. The number of nitrogens with zero attached hydrogens (tertiary/aromatic N) is 1. The normalized spacial score (nSPS) is 14.3. The minimum absolute atomic E-state index is 0.0331. The number of benzene rings is 1. The van der Waals surface area contributed by atoms with Crippen molar-refractivity contribution in [1.82, 2.24) is 4.90 Å². The lowest BCUT2D eigenvalue weighted by molar-refractivity contribution is -0.139. The average molecular weight is 371 g/mol. The van der Waals surface area contributed by atoms with E-state index in [-0.39, 0.29) is 11.9 Å². The van der Waals surface area contributed by atoms with Gasteiger partial charge >= 0.3 is 5.97 Å². The Morgan fingerprint density at radius 1 is 1.22 bits per heavy atom. The number of aliphatic carboxylic acids is 1. The van der Waals surface area contributed by atoms with E-state index in [0.29, 0.717) is 17.9 Å². The molecule has 1 aromatic carbocycles. The van der Waals surface area contributed by atoms with Crippen LogP contribution >= 0.6 is 0 Å². The molecule has 0 atom stereocenters. The summed E-state index contributed by atoms with van der Waals surface area (Å²) in [5.74, 6) is 0.228. The molecule has 1 aliphatic carbocycles. The summed E-state index contributed by atoms with van der Waals surface area (Å²) >= 11 is 0. The van der Waals surface area contributed by atoms with Crippen LogP contribution in [0.15, 0.2) is 34.9 Å². The first kappa shape index (κ1) is 19.0. The zero-order valence-corrected chi connectivity index (χ0v) is 15.7. The van der Waals surface area contributed by atoms with Gasteiger partial charge in [0.2, 0.25) is 0 Å². The Kier molecular flexibility index (Phi) is 5.84. The minimum atomic E-state index is -1.03. The average Bonchev–Trinajstić information content (AvgIpc) is 3.31. The lowest BCUT2D eigenvalue weighted by Crippen LogP contribution is -2.38. The van der Waals surface area contributed by atoms with Gasteiger partial charge in [-0.05, 0) is 62.1 Å². The van der Waals surface area contributed by atoms with Crippen LogP contribution in [0.1, 0.15) is 52.9 Å². The Morgan fingerprint density at radius 3 is 2.44 bits per heavy atom. The van der Waals surface area contributed by atoms with Crippen LogP contribution in [0, 0.1) is 13.8 Å². The molecule has 1 fully saturated rings. The van der Waals surface area contributed by atoms with Gasteiger partial charge in [-0.25, -0.2) is 4.79 Å². The second kappa shape index (κ2) is 8.29. The quantitative estimate of drug-likeness (QED) is 0.797. The molecule has 1 N–H and O–H groups in total. The van der Waals surface area contributed by atoms with Gasteiger partial charge in [0.25, 0.3) is 5.91 Å². The number of aryl methyl sites for hydroxylation is 2. The van der Waals surface area contributed by atoms with Crippen molar-refractivity contribution >= 4 is 11.9 Å². The number of carboxylic acids is 1. The van der Waals surface area contributed by atoms with Crippen LogP contribution in [0.5, 0.6) is 5.75 Å². The zero-order chi connectivity index (χ0) is 19.4. The molecule has 0 bridgehead atoms. The maximum atomic E-state index is 13.3. The van der Waals surface area contributed by atoms with Crippen LogP contribution in [0.25, 0.3) is 0 Å². The third-order valence-corrected chi connectivity index (χ3v) is 4.98. The van der Waals surface area contributed by atoms with Crippen LogP contribution in [0.3, 0.4) is 0 Å². The maximum Gasteiger partial charge on any atom is 0.341 e. The molecule has 0 aliphatic heterocycles. The molecule has 0 radical (unpaired) electrons. The number of carbonyl (C=O) groups excluding carboxylic acids is 1. The summed E-state index contributed by atoms with van der Waals surface area (Å²) in [6.07, 6.45) is 5.89. The Hall–Kier alpha value is -2.76. The predicted octanol–water partition coefficient (Wildman–Crippen LogP) is 3.94. The SMILES string of the molecule is Cc1cc(C(=O)N(Cc2ccco2)C2CCCC2)cc(C)c1OCC(=O)O. The molecule has 6 nitrogen and oxygen atoms in total. The third kappa shape index (κ3) is 4.51. The zero-order valence-electron chi connectivity index (χ0n) is 15.7. The number of carbonyl (C=O) groups is 2. The Labute approximate surface area is 158 Å². The molecular weight excluding hydrogens is 346 g/mol. The summed E-state index contributed by atoms with van der Waals surface area (Å²) in [5, 5.41) is 8.82. The molecule has 0 unspecified atom stereocenters. The number of carboxylic acid groups (broad SMARTS) is 1. The fourth-order valence-electron chi connectivity index (χ4n) is 3.75. The van der Waals surface area contributed by atoms with Crippen molar-refractivity contribution in [3.63, 3.8) is 0 Å². The number of rotatable bonds is 7. The van der Waals surface area contributed by atoms with Gasteiger partial charge in [-0.2, -0.15) is 0 Å². The summed E-state index contributed by atoms with van der Waals surface area (Å²) in [7, 11) is 0. The Bertz CT molecular complexity index is 783. The first-order valence-electron chi connectivity index (χ1n) is 9.25.